The highest BCUT2D eigenvalue weighted by atomic mass is 35.5. The number of aromatic nitrogens is 1. The molecule has 1 aromatic heterocycles. The molecule has 1 aromatic carbocycles. The molecule has 2 unspecified atom stereocenters. The molecule has 35 heavy (non-hydrogen) atoms. The Bertz CT molecular complexity index is 1230. The van der Waals surface area contributed by atoms with Gasteiger partial charge in [-0.2, -0.15) is 21.6 Å². The number of benzene rings is 1. The number of pyridine rings is 1. The normalized spacial score (nSPS) is 16.4. The molecule has 2 atom stereocenters. The van der Waals surface area contributed by atoms with Crippen LogP contribution in [-0.4, -0.2) is 38.8 Å². The first-order valence-electron chi connectivity index (χ1n) is 11.2. The summed E-state index contributed by atoms with van der Waals surface area (Å²) in [6.45, 7) is 4.98. The van der Waals surface area contributed by atoms with Crippen molar-refractivity contribution in [3.05, 3.63) is 45.2 Å². The molecule has 0 spiro atoms. The van der Waals surface area contributed by atoms with Crippen molar-refractivity contribution < 1.29 is 31.1 Å². The van der Waals surface area contributed by atoms with E-state index in [1.54, 1.807) is 17.7 Å². The van der Waals surface area contributed by atoms with Crippen molar-refractivity contribution in [2.24, 2.45) is 5.92 Å². The molecule has 0 bridgehead atoms. The average Bonchev–Trinajstić information content (AvgIpc) is 2.76. The maximum atomic E-state index is 12.9. The van der Waals surface area contributed by atoms with Crippen LogP contribution in [0.4, 0.5) is 18.9 Å². The van der Waals surface area contributed by atoms with Gasteiger partial charge in [0.05, 0.1) is 17.3 Å². The lowest BCUT2D eigenvalue weighted by atomic mass is 9.85. The van der Waals surface area contributed by atoms with Gasteiger partial charge in [-0.3, -0.25) is 9.52 Å². The van der Waals surface area contributed by atoms with Gasteiger partial charge in [-0.15, -0.1) is 0 Å². The maximum Gasteiger partial charge on any atom is 0.516 e. The van der Waals surface area contributed by atoms with Crippen LogP contribution < -0.4 is 14.9 Å². The molecule has 7 nitrogen and oxygen atoms in total. The van der Waals surface area contributed by atoms with Crippen molar-refractivity contribution in [1.29, 1.82) is 0 Å². The first-order chi connectivity index (χ1) is 16.4. The third-order valence-electron chi connectivity index (χ3n) is 6.00. The molecular formula is C23H28ClF3N2O5S. The number of ether oxygens (including phenoxy) is 2. The lowest BCUT2D eigenvalue weighted by Crippen LogP contribution is -2.33. The standard InChI is InChI=1S/C23H28ClF3N2O5S/c1-4-6-14(2)19-9-15-10-22(34-8-5-7-33-3)17(24)11-16(15)20-12-21(30)18(13-29(19)20)28-35(31,32)23(25,26)27/h10-14,19,28H,4-9H2,1-3H3. The molecule has 0 radical (unpaired) electrons. The summed E-state index contributed by atoms with van der Waals surface area (Å²) >= 11 is 6.44. The highest BCUT2D eigenvalue weighted by Crippen LogP contribution is 2.43. The predicted octanol–water partition coefficient (Wildman–Crippen LogP) is 5.38. The topological polar surface area (TPSA) is 86.6 Å². The van der Waals surface area contributed by atoms with Gasteiger partial charge in [0.1, 0.15) is 11.4 Å². The number of hydrogen-bond acceptors (Lipinski definition) is 5. The molecule has 1 aliphatic rings. The predicted molar refractivity (Wildman–Crippen MR) is 129 cm³/mol. The van der Waals surface area contributed by atoms with Gasteiger partial charge in [0.15, 0.2) is 0 Å². The smallest absolute Gasteiger partial charge is 0.492 e. The summed E-state index contributed by atoms with van der Waals surface area (Å²) in [6.07, 6.45) is 4.04. The van der Waals surface area contributed by atoms with Crippen LogP contribution in [0.15, 0.2) is 29.2 Å². The first kappa shape index (κ1) is 27.3. The second-order valence-corrected chi connectivity index (χ2v) is 10.6. The molecule has 1 N–H and O–H groups in total. The van der Waals surface area contributed by atoms with Gasteiger partial charge in [-0.1, -0.05) is 31.9 Å². The first-order valence-corrected chi connectivity index (χ1v) is 13.1. The van der Waals surface area contributed by atoms with E-state index in [2.05, 4.69) is 0 Å². The minimum absolute atomic E-state index is 0.0863. The number of fused-ring (bicyclic) bond motifs is 3. The van der Waals surface area contributed by atoms with Crippen LogP contribution in [0.25, 0.3) is 11.3 Å². The van der Waals surface area contributed by atoms with Crippen LogP contribution in [0, 0.1) is 5.92 Å². The number of alkyl halides is 3. The Morgan fingerprint density at radius 3 is 2.60 bits per heavy atom. The van der Waals surface area contributed by atoms with E-state index in [1.807, 2.05) is 19.9 Å². The van der Waals surface area contributed by atoms with Crippen molar-refractivity contribution in [3.63, 3.8) is 0 Å². The van der Waals surface area contributed by atoms with E-state index in [9.17, 15) is 26.4 Å². The molecule has 0 fully saturated rings. The molecule has 2 heterocycles. The van der Waals surface area contributed by atoms with E-state index in [0.29, 0.717) is 48.1 Å². The van der Waals surface area contributed by atoms with E-state index in [1.165, 1.54) is 4.72 Å². The van der Waals surface area contributed by atoms with Crippen molar-refractivity contribution in [3.8, 4) is 17.0 Å². The van der Waals surface area contributed by atoms with Crippen molar-refractivity contribution in [2.75, 3.05) is 25.0 Å². The Hall–Kier alpha value is -2.24. The second-order valence-electron chi connectivity index (χ2n) is 8.57. The number of sulfonamides is 1. The van der Waals surface area contributed by atoms with E-state index >= 15 is 0 Å². The third-order valence-corrected chi connectivity index (χ3v) is 7.39. The molecule has 0 amide bonds. The summed E-state index contributed by atoms with van der Waals surface area (Å²) in [7, 11) is -4.14. The van der Waals surface area contributed by atoms with Gasteiger partial charge in [0.25, 0.3) is 0 Å². The number of methoxy groups -OCH3 is 1. The monoisotopic (exact) mass is 536 g/mol. The third kappa shape index (κ3) is 5.95. The van der Waals surface area contributed by atoms with Crippen LogP contribution in [-0.2, 0) is 21.2 Å². The maximum absolute atomic E-state index is 12.9. The Kier molecular flexibility index (Phi) is 8.44. The molecule has 194 valence electrons. The Balaban J connectivity index is 2.09. The largest absolute Gasteiger partial charge is 0.516 e. The molecule has 1 aliphatic heterocycles. The van der Waals surface area contributed by atoms with Crippen LogP contribution in [0.2, 0.25) is 5.02 Å². The fourth-order valence-corrected chi connectivity index (χ4v) is 5.04. The minimum atomic E-state index is -5.74. The molecule has 2 aromatic rings. The second kappa shape index (κ2) is 10.8. The van der Waals surface area contributed by atoms with Crippen LogP contribution in [0.3, 0.4) is 0 Å². The van der Waals surface area contributed by atoms with Gasteiger partial charge in [0, 0.05) is 44.0 Å². The Morgan fingerprint density at radius 2 is 1.97 bits per heavy atom. The average molecular weight is 537 g/mol. The number of rotatable bonds is 10. The quantitative estimate of drug-likeness (QED) is 0.412. The summed E-state index contributed by atoms with van der Waals surface area (Å²) in [5.74, 6) is 0.581. The minimum Gasteiger partial charge on any atom is -0.492 e. The summed E-state index contributed by atoms with van der Waals surface area (Å²) in [5, 5.41) is 0.321. The lowest BCUT2D eigenvalue weighted by Gasteiger charge is -2.35. The number of halogens is 4. The Morgan fingerprint density at radius 1 is 1.26 bits per heavy atom. The van der Waals surface area contributed by atoms with E-state index in [-0.39, 0.29) is 12.0 Å². The van der Waals surface area contributed by atoms with Gasteiger partial charge < -0.3 is 14.0 Å². The number of nitrogens with one attached hydrogen (secondary N) is 1. The zero-order chi connectivity index (χ0) is 26.0. The Labute approximate surface area is 207 Å². The summed E-state index contributed by atoms with van der Waals surface area (Å²) in [5.41, 5.74) is -5.11. The summed E-state index contributed by atoms with van der Waals surface area (Å²) in [6, 6.07) is 4.40. The highest BCUT2D eigenvalue weighted by Gasteiger charge is 2.46. The SMILES string of the molecule is CCCC(C)C1Cc2cc(OCCCOC)c(Cl)cc2-c2cc(=O)c(NS(=O)(=O)C(F)(F)F)cn21. The van der Waals surface area contributed by atoms with Gasteiger partial charge in [-0.05, 0) is 36.5 Å². The van der Waals surface area contributed by atoms with Gasteiger partial charge >= 0.3 is 15.5 Å². The number of anilines is 1. The van der Waals surface area contributed by atoms with Crippen LogP contribution in [0.1, 0.15) is 44.7 Å². The number of hydrogen-bond donors (Lipinski definition) is 1. The van der Waals surface area contributed by atoms with Gasteiger partial charge in [0.2, 0.25) is 5.43 Å². The number of nitrogens with zero attached hydrogens (tertiary/aromatic N) is 1. The van der Waals surface area contributed by atoms with E-state index < -0.39 is 26.6 Å². The fourth-order valence-electron chi connectivity index (χ4n) is 4.26. The summed E-state index contributed by atoms with van der Waals surface area (Å²) in [4.78, 5) is 12.7. The summed E-state index contributed by atoms with van der Waals surface area (Å²) < 4.78 is 75.9. The van der Waals surface area contributed by atoms with Crippen LogP contribution >= 0.6 is 11.6 Å². The molecule has 0 saturated heterocycles. The molecule has 0 aliphatic carbocycles. The zero-order valence-electron chi connectivity index (χ0n) is 19.6. The van der Waals surface area contributed by atoms with Crippen molar-refractivity contribution in [2.45, 2.75) is 51.1 Å². The molecule has 0 saturated carbocycles. The van der Waals surface area contributed by atoms with Crippen LogP contribution in [0.5, 0.6) is 5.75 Å². The lowest BCUT2D eigenvalue weighted by molar-refractivity contribution is -0.0429. The molecule has 3 rings (SSSR count). The van der Waals surface area contributed by atoms with E-state index in [4.69, 9.17) is 21.1 Å². The molecular weight excluding hydrogens is 509 g/mol. The zero-order valence-corrected chi connectivity index (χ0v) is 21.2. The fraction of sp³-hybridized carbons (Fsp3) is 0.522. The highest BCUT2D eigenvalue weighted by molar-refractivity contribution is 7.93. The molecule has 12 heteroatoms. The van der Waals surface area contributed by atoms with Gasteiger partial charge in [-0.25, -0.2) is 0 Å². The van der Waals surface area contributed by atoms with Crippen molar-refractivity contribution >= 4 is 27.3 Å². The van der Waals surface area contributed by atoms with Crippen molar-refractivity contribution in [1.82, 2.24) is 4.57 Å². The van der Waals surface area contributed by atoms with E-state index in [0.717, 1.165) is 30.7 Å².